The number of nitrogens with one attached hydrogen (secondary N) is 2. The first-order valence-electron chi connectivity index (χ1n) is 14.1. The van der Waals surface area contributed by atoms with E-state index in [1.165, 1.54) is 53.4 Å². The molecule has 2 fully saturated rings. The molecule has 2 aliphatic heterocycles. The van der Waals surface area contributed by atoms with Crippen molar-refractivity contribution < 1.29 is 4.74 Å². The van der Waals surface area contributed by atoms with Gasteiger partial charge in [0.15, 0.2) is 5.82 Å². The Morgan fingerprint density at radius 2 is 1.78 bits per heavy atom. The second-order valence-corrected chi connectivity index (χ2v) is 14.5. The zero-order chi connectivity index (χ0) is 28.9. The monoisotopic (exact) mass is 591 g/mol. The Bertz CT molecular complexity index is 1590. The van der Waals surface area contributed by atoms with E-state index in [4.69, 9.17) is 21.3 Å². The van der Waals surface area contributed by atoms with E-state index < -0.39 is 0 Å². The Morgan fingerprint density at radius 3 is 2.46 bits per heavy atom. The van der Waals surface area contributed by atoms with Crippen LogP contribution in [-0.2, 0) is 7.05 Å². The zero-order valence-electron chi connectivity index (χ0n) is 24.8. The first kappa shape index (κ1) is 28.1. The molecule has 41 heavy (non-hydrogen) atoms. The Hall–Kier alpha value is -3.06. The molecule has 0 amide bonds. The van der Waals surface area contributed by atoms with Crippen LogP contribution >= 0.6 is 19.5 Å². The van der Waals surface area contributed by atoms with E-state index in [9.17, 15) is 0 Å². The lowest BCUT2D eigenvalue weighted by Gasteiger charge is -2.53. The second-order valence-electron chi connectivity index (χ2n) is 11.9. The predicted octanol–water partition coefficient (Wildman–Crippen LogP) is 6.32. The average molecular weight is 592 g/mol. The molecule has 0 saturated carbocycles. The molecule has 2 aliphatic rings. The van der Waals surface area contributed by atoms with Crippen molar-refractivity contribution in [2.24, 2.45) is 12.5 Å². The van der Waals surface area contributed by atoms with Crippen molar-refractivity contribution in [1.82, 2.24) is 19.4 Å². The summed E-state index contributed by atoms with van der Waals surface area (Å²) in [5.74, 6) is 1.78. The van der Waals surface area contributed by atoms with Crippen LogP contribution in [0.2, 0.25) is 5.02 Å². The third-order valence-electron chi connectivity index (χ3n) is 8.62. The first-order valence-corrected chi connectivity index (χ1v) is 16.7. The highest BCUT2D eigenvalue weighted by molar-refractivity contribution is 7.65. The average Bonchev–Trinajstić information content (AvgIpc) is 3.30. The van der Waals surface area contributed by atoms with E-state index in [1.54, 1.807) is 13.3 Å². The van der Waals surface area contributed by atoms with E-state index in [0.29, 0.717) is 22.2 Å². The van der Waals surface area contributed by atoms with E-state index in [1.807, 2.05) is 0 Å². The smallest absolute Gasteiger partial charge is 0.229 e. The van der Waals surface area contributed by atoms with Gasteiger partial charge < -0.3 is 29.7 Å². The highest BCUT2D eigenvalue weighted by atomic mass is 35.5. The maximum Gasteiger partial charge on any atom is 0.229 e. The quantitative estimate of drug-likeness (QED) is 0.244. The largest absolute Gasteiger partial charge is 0.494 e. The molecule has 0 atom stereocenters. The van der Waals surface area contributed by atoms with Crippen molar-refractivity contribution in [3.63, 3.8) is 0 Å². The van der Waals surface area contributed by atoms with Gasteiger partial charge in [-0.2, -0.15) is 4.98 Å². The fraction of sp³-hybridized carbons (Fsp3) is 0.419. The van der Waals surface area contributed by atoms with Crippen molar-refractivity contribution in [3.8, 4) is 5.75 Å². The summed E-state index contributed by atoms with van der Waals surface area (Å²) in [6.07, 6.45) is 6.22. The van der Waals surface area contributed by atoms with Crippen LogP contribution in [0.4, 0.5) is 28.8 Å². The topological polar surface area (TPSA) is 70.5 Å². The van der Waals surface area contributed by atoms with Gasteiger partial charge in [0.05, 0.1) is 19.0 Å². The number of methoxy groups -OCH3 is 1. The summed E-state index contributed by atoms with van der Waals surface area (Å²) in [4.78, 5) is 14.2. The minimum atomic E-state index is -0.381. The van der Waals surface area contributed by atoms with Gasteiger partial charge in [0.2, 0.25) is 5.95 Å². The number of benzene rings is 2. The number of ether oxygens (including phenoxy) is 1. The summed E-state index contributed by atoms with van der Waals surface area (Å²) in [7, 11) is 5.62. The normalized spacial score (nSPS) is 16.8. The molecular weight excluding hydrogens is 553 g/mol. The molecule has 0 bridgehead atoms. The molecule has 6 rings (SSSR count). The summed E-state index contributed by atoms with van der Waals surface area (Å²) in [6, 6.07) is 10.7. The maximum atomic E-state index is 6.59. The molecule has 8 nitrogen and oxygen atoms in total. The molecule has 4 aromatic rings. The standard InChI is InChI=1S/C31H39ClN7OP/c1-20-15-24(27(40-4)16-26(20)39-13-10-31(11-14-39)18-37(2)19-31)35-30-33-17-22(32)29(36-30)34-23-7-8-25-21(9-12-38(25)3)28(23)41(5)6/h7-9,12,15-17H,10-11,13-14,18-19H2,1-6H3,(H2,33,34,35,36). The second kappa shape index (κ2) is 11.0. The highest BCUT2D eigenvalue weighted by Crippen LogP contribution is 2.43. The van der Waals surface area contributed by atoms with Crippen molar-refractivity contribution in [2.75, 3.05) is 69.2 Å². The van der Waals surface area contributed by atoms with E-state index in [2.05, 4.69) is 101 Å². The van der Waals surface area contributed by atoms with Crippen LogP contribution in [0.5, 0.6) is 5.75 Å². The molecule has 2 aromatic heterocycles. The van der Waals surface area contributed by atoms with Gasteiger partial charge in [0, 0.05) is 73.1 Å². The number of likely N-dealkylation sites (tertiary alicyclic amines) is 1. The van der Waals surface area contributed by atoms with Crippen molar-refractivity contribution in [1.29, 1.82) is 0 Å². The van der Waals surface area contributed by atoms with Gasteiger partial charge in [-0.25, -0.2) is 4.98 Å². The fourth-order valence-corrected chi connectivity index (χ4v) is 8.02. The molecule has 0 radical (unpaired) electrons. The van der Waals surface area contributed by atoms with E-state index >= 15 is 0 Å². The Morgan fingerprint density at radius 1 is 1.02 bits per heavy atom. The van der Waals surface area contributed by atoms with Gasteiger partial charge in [-0.15, -0.1) is 0 Å². The summed E-state index contributed by atoms with van der Waals surface area (Å²) in [5.41, 5.74) is 6.00. The minimum absolute atomic E-state index is 0.381. The minimum Gasteiger partial charge on any atom is -0.494 e. The van der Waals surface area contributed by atoms with Crippen molar-refractivity contribution in [3.05, 3.63) is 53.3 Å². The fourth-order valence-electron chi connectivity index (χ4n) is 6.60. The Kier molecular flexibility index (Phi) is 7.52. The number of halogens is 1. The number of anilines is 5. The number of piperidine rings is 1. The van der Waals surface area contributed by atoms with Crippen LogP contribution in [0.3, 0.4) is 0 Å². The van der Waals surface area contributed by atoms with Gasteiger partial charge in [-0.05, 0) is 75.4 Å². The third-order valence-corrected chi connectivity index (χ3v) is 10.3. The summed E-state index contributed by atoms with van der Waals surface area (Å²) < 4.78 is 7.98. The molecule has 2 aromatic carbocycles. The maximum absolute atomic E-state index is 6.59. The van der Waals surface area contributed by atoms with Crippen LogP contribution in [0.25, 0.3) is 10.9 Å². The Balaban J connectivity index is 1.24. The highest BCUT2D eigenvalue weighted by Gasteiger charge is 2.43. The number of aryl methyl sites for hydroxylation is 2. The molecule has 2 N–H and O–H groups in total. The lowest BCUT2D eigenvalue weighted by Crippen LogP contribution is -2.58. The molecular formula is C31H39ClN7OP. The van der Waals surface area contributed by atoms with Crippen LogP contribution < -0.4 is 25.6 Å². The van der Waals surface area contributed by atoms with Crippen molar-refractivity contribution >= 4 is 64.6 Å². The number of rotatable bonds is 7. The number of nitrogens with zero attached hydrogens (tertiary/aromatic N) is 5. The molecule has 1 spiro atoms. The molecule has 10 heteroatoms. The molecule has 2 saturated heterocycles. The van der Waals surface area contributed by atoms with Crippen LogP contribution in [0, 0.1) is 12.3 Å². The predicted molar refractivity (Wildman–Crippen MR) is 174 cm³/mol. The lowest BCUT2D eigenvalue weighted by atomic mass is 9.72. The SMILES string of the molecule is COc1cc(N2CCC3(CC2)CN(C)C3)c(C)cc1Nc1ncc(Cl)c(Nc2ccc3c(ccn3C)c2P(C)C)n1. The number of fused-ring (bicyclic) bond motifs is 1. The van der Waals surface area contributed by atoms with Gasteiger partial charge in [-0.1, -0.05) is 19.5 Å². The number of hydrogen-bond donors (Lipinski definition) is 2. The molecule has 216 valence electrons. The number of hydrogen-bond acceptors (Lipinski definition) is 7. The van der Waals surface area contributed by atoms with Gasteiger partial charge in [0.25, 0.3) is 0 Å². The lowest BCUT2D eigenvalue weighted by molar-refractivity contribution is 0.00130. The summed E-state index contributed by atoms with van der Waals surface area (Å²) in [5, 5.41) is 9.90. The van der Waals surface area contributed by atoms with Crippen molar-refractivity contribution in [2.45, 2.75) is 19.8 Å². The summed E-state index contributed by atoms with van der Waals surface area (Å²) >= 11 is 6.59. The zero-order valence-corrected chi connectivity index (χ0v) is 26.4. The van der Waals surface area contributed by atoms with Crippen LogP contribution in [0.15, 0.2) is 42.7 Å². The number of aromatic nitrogens is 3. The summed E-state index contributed by atoms with van der Waals surface area (Å²) in [6.45, 7) is 11.3. The van der Waals surface area contributed by atoms with E-state index in [-0.39, 0.29) is 7.92 Å². The van der Waals surface area contributed by atoms with Crippen LogP contribution in [0.1, 0.15) is 18.4 Å². The molecule has 0 aliphatic carbocycles. The molecule has 0 unspecified atom stereocenters. The van der Waals surface area contributed by atoms with Crippen LogP contribution in [-0.4, -0.2) is 73.1 Å². The third kappa shape index (κ3) is 5.33. The molecule has 4 heterocycles. The van der Waals surface area contributed by atoms with E-state index in [0.717, 1.165) is 30.2 Å². The van der Waals surface area contributed by atoms with Gasteiger partial charge in [-0.3, -0.25) is 0 Å². The van der Waals surface area contributed by atoms with Gasteiger partial charge >= 0.3 is 0 Å². The van der Waals surface area contributed by atoms with Gasteiger partial charge in [0.1, 0.15) is 10.8 Å². The Labute approximate surface area is 248 Å². The first-order chi connectivity index (χ1) is 19.7.